The minimum atomic E-state index is -0.150. The van der Waals surface area contributed by atoms with Crippen LogP contribution in [0, 0.1) is 21.2 Å². The van der Waals surface area contributed by atoms with Crippen molar-refractivity contribution in [2.24, 2.45) is 11.8 Å². The van der Waals surface area contributed by atoms with Crippen LogP contribution in [0.3, 0.4) is 0 Å². The third kappa shape index (κ3) is 4.31. The number of benzene rings is 1. The van der Waals surface area contributed by atoms with E-state index in [-0.39, 0.29) is 5.82 Å². The molecule has 1 atom stereocenters. The molecule has 1 N–H and O–H groups in total. The first-order chi connectivity index (χ1) is 9.06. The predicted molar refractivity (Wildman–Crippen MR) is 87.1 cm³/mol. The normalized spacial score (nSPS) is 19.4. The quantitative estimate of drug-likeness (QED) is 0.792. The van der Waals surface area contributed by atoms with Crippen molar-refractivity contribution in [2.75, 3.05) is 31.1 Å². The van der Waals surface area contributed by atoms with Gasteiger partial charge in [-0.1, -0.05) is 13.8 Å². The zero-order valence-electron chi connectivity index (χ0n) is 11.6. The Morgan fingerprint density at radius 2 is 2.26 bits per heavy atom. The van der Waals surface area contributed by atoms with Gasteiger partial charge in [0.2, 0.25) is 0 Å². The summed E-state index contributed by atoms with van der Waals surface area (Å²) in [5, 5.41) is 3.53. The second kappa shape index (κ2) is 6.88. The van der Waals surface area contributed by atoms with Gasteiger partial charge < -0.3 is 10.2 Å². The monoisotopic (exact) mass is 376 g/mol. The first-order valence-corrected chi connectivity index (χ1v) is 8.05. The van der Waals surface area contributed by atoms with E-state index >= 15 is 0 Å². The highest BCUT2D eigenvalue weighted by atomic mass is 127. The van der Waals surface area contributed by atoms with Crippen LogP contribution in [0.2, 0.25) is 0 Å². The lowest BCUT2D eigenvalue weighted by atomic mass is 10.1. The maximum Gasteiger partial charge on any atom is 0.124 e. The van der Waals surface area contributed by atoms with Crippen molar-refractivity contribution >= 4 is 28.3 Å². The summed E-state index contributed by atoms with van der Waals surface area (Å²) in [6, 6.07) is 5.07. The zero-order chi connectivity index (χ0) is 13.8. The Bertz CT molecular complexity index is 423. The Morgan fingerprint density at radius 3 is 2.95 bits per heavy atom. The minimum absolute atomic E-state index is 0.150. The second-order valence-electron chi connectivity index (χ2n) is 5.75. The molecule has 0 bridgehead atoms. The van der Waals surface area contributed by atoms with Gasteiger partial charge in [-0.05, 0) is 72.1 Å². The third-order valence-corrected chi connectivity index (χ3v) is 4.39. The summed E-state index contributed by atoms with van der Waals surface area (Å²) in [7, 11) is 0. The molecule has 1 saturated heterocycles. The fourth-order valence-corrected chi connectivity index (χ4v) is 3.35. The lowest BCUT2D eigenvalue weighted by Crippen LogP contribution is -2.28. The molecule has 1 aromatic rings. The van der Waals surface area contributed by atoms with Gasteiger partial charge in [0, 0.05) is 16.7 Å². The summed E-state index contributed by atoms with van der Waals surface area (Å²) in [6.45, 7) is 8.79. The lowest BCUT2D eigenvalue weighted by Gasteiger charge is -2.20. The Morgan fingerprint density at radius 1 is 1.47 bits per heavy atom. The number of nitrogens with one attached hydrogen (secondary N) is 1. The van der Waals surface area contributed by atoms with Crippen molar-refractivity contribution in [1.82, 2.24) is 5.32 Å². The average Bonchev–Trinajstić information content (AvgIpc) is 2.77. The van der Waals surface area contributed by atoms with Crippen LogP contribution in [0.4, 0.5) is 10.1 Å². The molecule has 0 aliphatic carbocycles. The minimum Gasteiger partial charge on any atom is -0.370 e. The van der Waals surface area contributed by atoms with E-state index in [1.54, 1.807) is 12.1 Å². The van der Waals surface area contributed by atoms with E-state index in [1.165, 1.54) is 12.1 Å². The molecular weight excluding hydrogens is 354 g/mol. The number of hydrogen-bond acceptors (Lipinski definition) is 2. The summed E-state index contributed by atoms with van der Waals surface area (Å²) in [6.07, 6.45) is 1.22. The van der Waals surface area contributed by atoms with Crippen LogP contribution in [0.15, 0.2) is 18.2 Å². The molecule has 1 unspecified atom stereocenters. The molecule has 1 aromatic carbocycles. The summed E-state index contributed by atoms with van der Waals surface area (Å²) >= 11 is 2.22. The molecule has 106 valence electrons. The molecule has 2 nitrogen and oxygen atoms in total. The number of halogens is 2. The number of rotatable bonds is 5. The van der Waals surface area contributed by atoms with Crippen molar-refractivity contribution in [3.8, 4) is 0 Å². The molecule has 0 aromatic heterocycles. The maximum atomic E-state index is 13.1. The van der Waals surface area contributed by atoms with E-state index < -0.39 is 0 Å². The fraction of sp³-hybridized carbons (Fsp3) is 0.600. The zero-order valence-corrected chi connectivity index (χ0v) is 13.8. The molecule has 1 aliphatic rings. The van der Waals surface area contributed by atoms with Crippen molar-refractivity contribution < 1.29 is 4.39 Å². The number of nitrogens with zero attached hydrogens (tertiary/aromatic N) is 1. The Kier molecular flexibility index (Phi) is 5.45. The highest BCUT2D eigenvalue weighted by molar-refractivity contribution is 14.1. The van der Waals surface area contributed by atoms with Crippen LogP contribution in [0.1, 0.15) is 20.3 Å². The van der Waals surface area contributed by atoms with Crippen LogP contribution in [0.5, 0.6) is 0 Å². The molecule has 1 aliphatic heterocycles. The van der Waals surface area contributed by atoms with E-state index in [1.807, 2.05) is 6.07 Å². The molecular formula is C15H22FIN2. The number of anilines is 1. The summed E-state index contributed by atoms with van der Waals surface area (Å²) < 4.78 is 14.1. The van der Waals surface area contributed by atoms with Crippen molar-refractivity contribution in [1.29, 1.82) is 0 Å². The van der Waals surface area contributed by atoms with Gasteiger partial charge in [0.25, 0.3) is 0 Å². The van der Waals surface area contributed by atoms with Gasteiger partial charge in [0.05, 0.1) is 5.69 Å². The van der Waals surface area contributed by atoms with Crippen LogP contribution < -0.4 is 10.2 Å². The Labute approximate surface area is 128 Å². The first kappa shape index (κ1) is 15.0. The molecule has 4 heteroatoms. The van der Waals surface area contributed by atoms with Gasteiger partial charge in [-0.2, -0.15) is 0 Å². The summed E-state index contributed by atoms with van der Waals surface area (Å²) in [4.78, 5) is 2.38. The first-order valence-electron chi connectivity index (χ1n) is 6.97. The van der Waals surface area contributed by atoms with Gasteiger partial charge in [0.1, 0.15) is 5.82 Å². The highest BCUT2D eigenvalue weighted by Gasteiger charge is 2.23. The molecule has 0 spiro atoms. The predicted octanol–water partition coefficient (Wildman–Crippen LogP) is 3.50. The molecule has 1 heterocycles. The standard InChI is InChI=1S/C15H22FIN2/c1-11(2)8-18-9-12-5-6-19(10-12)15-4-3-13(16)7-14(15)17/h3-4,7,11-12,18H,5-6,8-10H2,1-2H3. The van der Waals surface area contributed by atoms with Crippen LogP contribution in [-0.2, 0) is 0 Å². The molecule has 2 rings (SSSR count). The molecule has 0 amide bonds. The number of hydrogen-bond donors (Lipinski definition) is 1. The largest absolute Gasteiger partial charge is 0.370 e. The van der Waals surface area contributed by atoms with Crippen molar-refractivity contribution in [2.45, 2.75) is 20.3 Å². The Hall–Kier alpha value is -0.360. The maximum absolute atomic E-state index is 13.1. The second-order valence-corrected chi connectivity index (χ2v) is 6.91. The summed E-state index contributed by atoms with van der Waals surface area (Å²) in [5.41, 5.74) is 1.17. The van der Waals surface area contributed by atoms with Gasteiger partial charge in [-0.15, -0.1) is 0 Å². The van der Waals surface area contributed by atoms with Gasteiger partial charge in [-0.3, -0.25) is 0 Å². The van der Waals surface area contributed by atoms with Crippen LogP contribution in [0.25, 0.3) is 0 Å². The van der Waals surface area contributed by atoms with Gasteiger partial charge in [-0.25, -0.2) is 4.39 Å². The molecule has 1 fully saturated rings. The van der Waals surface area contributed by atoms with Gasteiger partial charge in [0.15, 0.2) is 0 Å². The van der Waals surface area contributed by atoms with E-state index in [0.29, 0.717) is 11.8 Å². The molecule has 0 radical (unpaired) electrons. The van der Waals surface area contributed by atoms with Crippen LogP contribution >= 0.6 is 22.6 Å². The Balaban J connectivity index is 1.87. The van der Waals surface area contributed by atoms with E-state index in [2.05, 4.69) is 46.7 Å². The average molecular weight is 376 g/mol. The van der Waals surface area contributed by atoms with E-state index in [0.717, 1.165) is 29.7 Å². The summed E-state index contributed by atoms with van der Waals surface area (Å²) in [5.74, 6) is 1.26. The smallest absolute Gasteiger partial charge is 0.124 e. The molecule has 0 saturated carbocycles. The third-order valence-electron chi connectivity index (χ3n) is 3.52. The van der Waals surface area contributed by atoms with Crippen molar-refractivity contribution in [3.05, 3.63) is 27.6 Å². The SMILES string of the molecule is CC(C)CNCC1CCN(c2ccc(F)cc2I)C1. The fourth-order valence-electron chi connectivity index (χ4n) is 2.53. The van der Waals surface area contributed by atoms with E-state index in [4.69, 9.17) is 0 Å². The van der Waals surface area contributed by atoms with Crippen molar-refractivity contribution in [3.63, 3.8) is 0 Å². The highest BCUT2D eigenvalue weighted by Crippen LogP contribution is 2.28. The lowest BCUT2D eigenvalue weighted by molar-refractivity contribution is 0.477. The van der Waals surface area contributed by atoms with E-state index in [9.17, 15) is 4.39 Å². The van der Waals surface area contributed by atoms with Crippen LogP contribution in [-0.4, -0.2) is 26.2 Å². The van der Waals surface area contributed by atoms with Gasteiger partial charge >= 0.3 is 0 Å². The topological polar surface area (TPSA) is 15.3 Å². The molecule has 19 heavy (non-hydrogen) atoms.